The first-order valence-corrected chi connectivity index (χ1v) is 14.6. The van der Waals surface area contributed by atoms with Gasteiger partial charge >= 0.3 is 12.1 Å². The highest BCUT2D eigenvalue weighted by atomic mass is 19.1. The molecule has 0 aliphatic carbocycles. The number of rotatable bonds is 8. The van der Waals surface area contributed by atoms with Crippen molar-refractivity contribution in [3.8, 4) is 6.07 Å². The van der Waals surface area contributed by atoms with Crippen LogP contribution >= 0.6 is 0 Å². The summed E-state index contributed by atoms with van der Waals surface area (Å²) in [6.45, 7) is 9.58. The number of amides is 2. The largest absolute Gasteiger partial charge is 0.463 e. The average Bonchev–Trinajstić information content (AvgIpc) is 3.62. The van der Waals surface area contributed by atoms with Crippen molar-refractivity contribution in [3.63, 3.8) is 0 Å². The lowest BCUT2D eigenvalue weighted by atomic mass is 9.92. The molecule has 2 saturated heterocycles. The maximum Gasteiger partial charge on any atom is 0.408 e. The summed E-state index contributed by atoms with van der Waals surface area (Å²) in [4.78, 5) is 42.1. The summed E-state index contributed by atoms with van der Waals surface area (Å²) in [5.74, 6) is -2.59. The topological polar surface area (TPSA) is 175 Å². The summed E-state index contributed by atoms with van der Waals surface area (Å²) >= 11 is 0. The van der Waals surface area contributed by atoms with Gasteiger partial charge in [-0.2, -0.15) is 10.4 Å². The Morgan fingerprint density at radius 3 is 2.50 bits per heavy atom. The number of hydrogen-bond donors (Lipinski definition) is 2. The van der Waals surface area contributed by atoms with Gasteiger partial charge in [0.1, 0.15) is 60.3 Å². The Bertz CT molecular complexity index is 1680. The number of carbonyl (C=O) groups excluding carboxylic acids is 3. The fourth-order valence-electron chi connectivity index (χ4n) is 5.46. The van der Waals surface area contributed by atoms with Crippen LogP contribution in [0.25, 0.3) is 5.52 Å². The van der Waals surface area contributed by atoms with E-state index in [2.05, 4.69) is 26.8 Å². The number of nitrogens with zero attached hydrogens (tertiary/aromatic N) is 4. The van der Waals surface area contributed by atoms with E-state index in [9.17, 15) is 24.0 Å². The molecule has 2 aliphatic heterocycles. The van der Waals surface area contributed by atoms with Crippen LogP contribution in [-0.4, -0.2) is 74.9 Å². The number of carbonyl (C=O) groups is 3. The van der Waals surface area contributed by atoms with Crippen LogP contribution in [0.4, 0.5) is 15.0 Å². The molecule has 15 heteroatoms. The molecular weight excluding hydrogens is 603 g/mol. The van der Waals surface area contributed by atoms with Crippen molar-refractivity contribution >= 4 is 29.3 Å². The van der Waals surface area contributed by atoms with Crippen molar-refractivity contribution in [1.82, 2.24) is 19.9 Å². The van der Waals surface area contributed by atoms with Gasteiger partial charge in [0, 0.05) is 13.3 Å². The molecule has 0 radical (unpaired) electrons. The van der Waals surface area contributed by atoms with Crippen LogP contribution in [0.15, 0.2) is 42.7 Å². The van der Waals surface area contributed by atoms with Gasteiger partial charge in [0.2, 0.25) is 11.5 Å². The van der Waals surface area contributed by atoms with E-state index in [4.69, 9.17) is 23.7 Å². The van der Waals surface area contributed by atoms with E-state index in [1.807, 2.05) is 0 Å². The molecule has 2 fully saturated rings. The number of hydrogen-bond acceptors (Lipinski definition) is 11. The SMILES string of the molecule is CC(=O)OC[C@H]1O[C@@](C#N)(c2ccc3c(NC(=O)[C@H](Cc4ccc(F)cc4)NC(=O)OC(C)(C)C)ncnn23)[C@@H]2OC(C)(C)O[C@@H]21. The molecule has 14 nitrogen and oxygen atoms in total. The highest BCUT2D eigenvalue weighted by Crippen LogP contribution is 2.49. The first-order chi connectivity index (χ1) is 21.6. The molecule has 0 unspecified atom stereocenters. The fraction of sp³-hybridized carbons (Fsp3) is 0.484. The summed E-state index contributed by atoms with van der Waals surface area (Å²) in [5.41, 5.74) is -1.40. The Morgan fingerprint density at radius 2 is 1.85 bits per heavy atom. The quantitative estimate of drug-likeness (QED) is 0.347. The maximum absolute atomic E-state index is 13.6. The van der Waals surface area contributed by atoms with Gasteiger partial charge in [0.05, 0.1) is 5.69 Å². The zero-order valence-corrected chi connectivity index (χ0v) is 26.2. The van der Waals surface area contributed by atoms with Crippen LogP contribution < -0.4 is 10.6 Å². The monoisotopic (exact) mass is 638 g/mol. The van der Waals surface area contributed by atoms with Crippen LogP contribution in [0.1, 0.15) is 52.8 Å². The third-order valence-electron chi connectivity index (χ3n) is 7.29. The van der Waals surface area contributed by atoms with E-state index in [1.165, 1.54) is 42.0 Å². The highest BCUT2D eigenvalue weighted by Gasteiger charge is 2.65. The second-order valence-corrected chi connectivity index (χ2v) is 12.5. The molecule has 5 rings (SSSR count). The molecule has 0 bridgehead atoms. The van der Waals surface area contributed by atoms with Crippen LogP contribution in [0.2, 0.25) is 0 Å². The Labute approximate surface area is 264 Å². The molecule has 2 amide bonds. The van der Waals surface area contributed by atoms with E-state index in [1.54, 1.807) is 46.8 Å². The standard InChI is InChI=1S/C31H35FN6O8/c1-17(39)42-14-22-24-25(45-30(5,6)44-24)31(15-33,43-22)23-12-11-21-26(34-16-35-38(21)23)37-27(40)20(36-28(41)46-29(2,3)4)13-18-7-9-19(32)10-8-18/h7-12,16,20,22,24-25H,13-14H2,1-6H3,(H,36,41)(H,34,35,37,40)/t20-,22+,24+,25+,31-/m0/s1. The summed E-state index contributed by atoms with van der Waals surface area (Å²) in [7, 11) is 0. The van der Waals surface area contributed by atoms with Crippen molar-refractivity contribution in [2.24, 2.45) is 0 Å². The molecule has 0 spiro atoms. The third-order valence-corrected chi connectivity index (χ3v) is 7.29. The predicted octanol–water partition coefficient (Wildman–Crippen LogP) is 3.14. The smallest absolute Gasteiger partial charge is 0.408 e. The van der Waals surface area contributed by atoms with Gasteiger partial charge in [0.15, 0.2) is 11.6 Å². The molecular formula is C31H35FN6O8. The van der Waals surface area contributed by atoms with E-state index >= 15 is 0 Å². The molecule has 2 N–H and O–H groups in total. The van der Waals surface area contributed by atoms with Crippen LogP contribution in [-0.2, 0) is 45.3 Å². The Kier molecular flexibility index (Phi) is 8.73. The maximum atomic E-state index is 13.6. The summed E-state index contributed by atoms with van der Waals surface area (Å²) in [5, 5.41) is 20.2. The minimum absolute atomic E-state index is 0.0181. The van der Waals surface area contributed by atoms with Crippen molar-refractivity contribution in [1.29, 1.82) is 5.26 Å². The Balaban J connectivity index is 1.45. The Hall–Kier alpha value is -4.65. The Morgan fingerprint density at radius 1 is 1.13 bits per heavy atom. The van der Waals surface area contributed by atoms with Gasteiger partial charge in [-0.1, -0.05) is 12.1 Å². The number of fused-ring (bicyclic) bond motifs is 2. The fourth-order valence-corrected chi connectivity index (χ4v) is 5.46. The molecule has 5 atom stereocenters. The number of halogens is 1. The number of nitrogens with one attached hydrogen (secondary N) is 2. The molecule has 46 heavy (non-hydrogen) atoms. The molecule has 1 aromatic carbocycles. The van der Waals surface area contributed by atoms with E-state index in [0.29, 0.717) is 11.1 Å². The van der Waals surface area contributed by atoms with Crippen molar-refractivity contribution in [3.05, 3.63) is 59.8 Å². The number of aromatic nitrogens is 3. The van der Waals surface area contributed by atoms with Crippen LogP contribution in [0, 0.1) is 17.1 Å². The second kappa shape index (κ2) is 12.3. The molecule has 4 heterocycles. The van der Waals surface area contributed by atoms with Gasteiger partial charge in [0.25, 0.3) is 0 Å². The van der Waals surface area contributed by atoms with E-state index in [0.717, 1.165) is 0 Å². The normalized spacial score (nSPS) is 24.1. The number of ether oxygens (including phenoxy) is 5. The number of anilines is 1. The predicted molar refractivity (Wildman–Crippen MR) is 158 cm³/mol. The summed E-state index contributed by atoms with van der Waals surface area (Å²) in [6, 6.07) is 9.81. The van der Waals surface area contributed by atoms with Gasteiger partial charge in [-0.25, -0.2) is 18.7 Å². The third kappa shape index (κ3) is 6.79. The second-order valence-electron chi connectivity index (χ2n) is 12.5. The zero-order chi connectivity index (χ0) is 33.4. The summed E-state index contributed by atoms with van der Waals surface area (Å²) in [6.07, 6.45) is -2.10. The van der Waals surface area contributed by atoms with Crippen LogP contribution in [0.5, 0.6) is 0 Å². The van der Waals surface area contributed by atoms with E-state index < -0.39 is 65.1 Å². The molecule has 2 aromatic heterocycles. The lowest BCUT2D eigenvalue weighted by molar-refractivity contribution is -0.206. The van der Waals surface area contributed by atoms with Crippen molar-refractivity contribution in [2.75, 3.05) is 11.9 Å². The minimum Gasteiger partial charge on any atom is -0.463 e. The first-order valence-electron chi connectivity index (χ1n) is 14.6. The molecule has 2 aliphatic rings. The molecule has 0 saturated carbocycles. The first kappa shape index (κ1) is 32.7. The number of benzene rings is 1. The number of nitriles is 1. The number of esters is 1. The lowest BCUT2D eigenvalue weighted by Gasteiger charge is -2.29. The number of alkyl carbamates (subject to hydrolysis) is 1. The minimum atomic E-state index is -1.74. The zero-order valence-electron chi connectivity index (χ0n) is 26.2. The van der Waals surface area contributed by atoms with Gasteiger partial charge in [-0.15, -0.1) is 0 Å². The average molecular weight is 639 g/mol. The summed E-state index contributed by atoms with van der Waals surface area (Å²) < 4.78 is 43.9. The van der Waals surface area contributed by atoms with Gasteiger partial charge in [-0.3, -0.25) is 9.59 Å². The molecule has 244 valence electrons. The van der Waals surface area contributed by atoms with Crippen molar-refractivity contribution < 1.29 is 42.5 Å². The van der Waals surface area contributed by atoms with Crippen LogP contribution in [0.3, 0.4) is 0 Å². The molecule has 3 aromatic rings. The highest BCUT2D eigenvalue weighted by molar-refractivity contribution is 5.98. The van der Waals surface area contributed by atoms with Gasteiger partial charge in [-0.05, 0) is 64.4 Å². The van der Waals surface area contributed by atoms with Gasteiger partial charge < -0.3 is 34.3 Å². The lowest BCUT2D eigenvalue weighted by Crippen LogP contribution is -2.47. The van der Waals surface area contributed by atoms with E-state index in [-0.39, 0.29) is 24.5 Å². The van der Waals surface area contributed by atoms with Crippen molar-refractivity contribution in [2.45, 2.75) is 89.3 Å².